The molecule has 0 aliphatic rings. The van der Waals surface area contributed by atoms with Crippen LogP contribution in [0.1, 0.15) is 11.4 Å². The lowest BCUT2D eigenvalue weighted by Crippen LogP contribution is -2.04. The van der Waals surface area contributed by atoms with Crippen molar-refractivity contribution in [3.05, 3.63) is 44.3 Å². The molecule has 18 heavy (non-hydrogen) atoms. The van der Waals surface area contributed by atoms with Crippen LogP contribution in [0.25, 0.3) is 0 Å². The highest BCUT2D eigenvalue weighted by Gasteiger charge is 2.12. The highest BCUT2D eigenvalue weighted by atomic mass is 79.9. The van der Waals surface area contributed by atoms with E-state index in [1.165, 1.54) is 12.1 Å². The molecule has 0 unspecified atom stereocenters. The zero-order chi connectivity index (χ0) is 13.3. The van der Waals surface area contributed by atoms with Crippen molar-refractivity contribution in [1.82, 2.24) is 9.78 Å². The van der Waals surface area contributed by atoms with Crippen LogP contribution in [0, 0.1) is 12.7 Å². The minimum Gasteiger partial charge on any atom is -0.486 e. The fraction of sp³-hybridized carbons (Fsp3) is 0.250. The quantitative estimate of drug-likeness (QED) is 0.809. The lowest BCUT2D eigenvalue weighted by molar-refractivity contribution is 0.292. The number of hydrogen-bond donors (Lipinski definition) is 0. The third-order valence-corrected chi connectivity index (χ3v) is 4.17. The lowest BCUT2D eigenvalue weighted by atomic mass is 10.3. The van der Waals surface area contributed by atoms with Gasteiger partial charge in [-0.3, -0.25) is 4.68 Å². The first kappa shape index (κ1) is 13.5. The van der Waals surface area contributed by atoms with Crippen molar-refractivity contribution in [2.24, 2.45) is 7.05 Å². The maximum atomic E-state index is 12.9. The highest BCUT2D eigenvalue weighted by Crippen LogP contribution is 2.27. The molecule has 96 valence electrons. The largest absolute Gasteiger partial charge is 0.486 e. The molecule has 0 aliphatic carbocycles. The van der Waals surface area contributed by atoms with Crippen LogP contribution in [-0.4, -0.2) is 9.78 Å². The fourth-order valence-corrected chi connectivity index (χ4v) is 2.49. The zero-order valence-electron chi connectivity index (χ0n) is 9.88. The van der Waals surface area contributed by atoms with Crippen molar-refractivity contribution < 1.29 is 9.13 Å². The summed E-state index contributed by atoms with van der Waals surface area (Å²) in [6.07, 6.45) is 0. The van der Waals surface area contributed by atoms with Gasteiger partial charge in [-0.15, -0.1) is 0 Å². The van der Waals surface area contributed by atoms with Gasteiger partial charge in [0.15, 0.2) is 0 Å². The van der Waals surface area contributed by atoms with Crippen LogP contribution in [0.3, 0.4) is 0 Å². The van der Waals surface area contributed by atoms with E-state index in [1.807, 2.05) is 14.0 Å². The predicted octanol–water partition coefficient (Wildman–Crippen LogP) is 3.97. The third-order valence-electron chi connectivity index (χ3n) is 2.52. The van der Waals surface area contributed by atoms with Crippen molar-refractivity contribution in [1.29, 1.82) is 0 Å². The molecule has 0 N–H and O–H groups in total. The molecule has 0 saturated heterocycles. The molecule has 0 amide bonds. The highest BCUT2D eigenvalue weighted by molar-refractivity contribution is 9.10. The van der Waals surface area contributed by atoms with Crippen molar-refractivity contribution in [2.45, 2.75) is 13.5 Å². The average molecular weight is 378 g/mol. The molecular formula is C12H11Br2FN2O. The normalized spacial score (nSPS) is 10.7. The Kier molecular flexibility index (Phi) is 4.07. The third kappa shape index (κ3) is 2.75. The SMILES string of the molecule is Cc1nn(C)c(COc2ccc(F)cc2Br)c1Br. The van der Waals surface area contributed by atoms with E-state index >= 15 is 0 Å². The van der Waals surface area contributed by atoms with Crippen LogP contribution in [0.5, 0.6) is 5.75 Å². The molecule has 2 rings (SSSR count). The van der Waals surface area contributed by atoms with Gasteiger partial charge in [-0.25, -0.2) is 4.39 Å². The smallest absolute Gasteiger partial charge is 0.134 e. The summed E-state index contributed by atoms with van der Waals surface area (Å²) < 4.78 is 21.9. The topological polar surface area (TPSA) is 27.1 Å². The summed E-state index contributed by atoms with van der Waals surface area (Å²) in [6, 6.07) is 4.33. The maximum Gasteiger partial charge on any atom is 0.134 e. The molecule has 6 heteroatoms. The minimum absolute atomic E-state index is 0.299. The molecule has 0 aliphatic heterocycles. The number of benzene rings is 1. The van der Waals surface area contributed by atoms with Gasteiger partial charge >= 0.3 is 0 Å². The number of halogens is 3. The number of aromatic nitrogens is 2. The molecule has 1 heterocycles. The molecule has 0 bridgehead atoms. The number of aryl methyl sites for hydroxylation is 2. The Balaban J connectivity index is 2.16. The Hall–Kier alpha value is -0.880. The van der Waals surface area contributed by atoms with Gasteiger partial charge in [0.2, 0.25) is 0 Å². The Morgan fingerprint density at radius 2 is 2.11 bits per heavy atom. The minimum atomic E-state index is -0.299. The zero-order valence-corrected chi connectivity index (χ0v) is 13.0. The van der Waals surface area contributed by atoms with Crippen molar-refractivity contribution >= 4 is 31.9 Å². The maximum absolute atomic E-state index is 12.9. The van der Waals surface area contributed by atoms with Crippen LogP contribution in [0.2, 0.25) is 0 Å². The molecule has 0 atom stereocenters. The first-order valence-electron chi connectivity index (χ1n) is 5.25. The summed E-state index contributed by atoms with van der Waals surface area (Å²) in [4.78, 5) is 0. The van der Waals surface area contributed by atoms with Gasteiger partial charge in [0, 0.05) is 7.05 Å². The molecule has 1 aromatic carbocycles. The van der Waals surface area contributed by atoms with E-state index < -0.39 is 0 Å². The van der Waals surface area contributed by atoms with Gasteiger partial charge in [-0.1, -0.05) is 0 Å². The van der Waals surface area contributed by atoms with Gasteiger partial charge in [0.05, 0.1) is 20.3 Å². The molecule has 0 fully saturated rings. The molecule has 0 radical (unpaired) electrons. The van der Waals surface area contributed by atoms with Gasteiger partial charge < -0.3 is 4.74 Å². The molecular weight excluding hydrogens is 367 g/mol. The van der Waals surface area contributed by atoms with Crippen LogP contribution < -0.4 is 4.74 Å². The molecule has 1 aromatic heterocycles. The summed E-state index contributed by atoms with van der Waals surface area (Å²) in [6.45, 7) is 2.28. The van der Waals surface area contributed by atoms with E-state index in [9.17, 15) is 4.39 Å². The van der Waals surface area contributed by atoms with Gasteiger partial charge in [0.25, 0.3) is 0 Å². The van der Waals surface area contributed by atoms with Crippen molar-refractivity contribution in [3.63, 3.8) is 0 Å². The van der Waals surface area contributed by atoms with Crippen LogP contribution in [0.4, 0.5) is 4.39 Å². The van der Waals surface area contributed by atoms with E-state index in [0.29, 0.717) is 16.8 Å². The Labute approximate surface area is 121 Å². The van der Waals surface area contributed by atoms with Crippen molar-refractivity contribution in [2.75, 3.05) is 0 Å². The molecule has 0 spiro atoms. The standard InChI is InChI=1S/C12H11Br2FN2O/c1-7-12(14)10(17(2)16-7)6-18-11-4-3-8(15)5-9(11)13/h3-5H,6H2,1-2H3. The fourth-order valence-electron chi connectivity index (χ4n) is 1.58. The van der Waals surface area contributed by atoms with Crippen LogP contribution in [-0.2, 0) is 13.7 Å². The average Bonchev–Trinajstić information content (AvgIpc) is 2.53. The van der Waals surface area contributed by atoms with Gasteiger partial charge in [-0.05, 0) is 57.0 Å². The van der Waals surface area contributed by atoms with E-state index in [-0.39, 0.29) is 5.82 Å². The lowest BCUT2D eigenvalue weighted by Gasteiger charge is -2.08. The number of hydrogen-bond acceptors (Lipinski definition) is 2. The summed E-state index contributed by atoms with van der Waals surface area (Å²) in [7, 11) is 1.86. The molecule has 0 saturated carbocycles. The van der Waals surface area contributed by atoms with Gasteiger partial charge in [0.1, 0.15) is 18.2 Å². The Morgan fingerprint density at radius 1 is 1.39 bits per heavy atom. The van der Waals surface area contributed by atoms with E-state index in [0.717, 1.165) is 15.9 Å². The van der Waals surface area contributed by atoms with E-state index in [4.69, 9.17) is 4.74 Å². The van der Waals surface area contributed by atoms with Crippen LogP contribution >= 0.6 is 31.9 Å². The first-order chi connectivity index (χ1) is 8.49. The number of ether oxygens (including phenoxy) is 1. The van der Waals surface area contributed by atoms with E-state index in [2.05, 4.69) is 37.0 Å². The second-order valence-electron chi connectivity index (χ2n) is 3.83. The first-order valence-corrected chi connectivity index (χ1v) is 6.83. The van der Waals surface area contributed by atoms with Gasteiger partial charge in [-0.2, -0.15) is 5.10 Å². The number of rotatable bonds is 3. The predicted molar refractivity (Wildman–Crippen MR) is 74.1 cm³/mol. The molecule has 3 nitrogen and oxygen atoms in total. The Bertz CT molecular complexity index is 584. The molecule has 2 aromatic rings. The van der Waals surface area contributed by atoms with E-state index in [1.54, 1.807) is 10.7 Å². The summed E-state index contributed by atoms with van der Waals surface area (Å²) in [5.74, 6) is 0.300. The monoisotopic (exact) mass is 376 g/mol. The number of nitrogens with zero attached hydrogens (tertiary/aromatic N) is 2. The second kappa shape index (κ2) is 5.40. The van der Waals surface area contributed by atoms with Crippen LogP contribution in [0.15, 0.2) is 27.1 Å². The summed E-state index contributed by atoms with van der Waals surface area (Å²) in [5.41, 5.74) is 1.85. The summed E-state index contributed by atoms with van der Waals surface area (Å²) in [5, 5.41) is 4.28. The Morgan fingerprint density at radius 3 is 2.67 bits per heavy atom. The summed E-state index contributed by atoms with van der Waals surface area (Å²) >= 11 is 6.73. The van der Waals surface area contributed by atoms with Crippen molar-refractivity contribution in [3.8, 4) is 5.75 Å². The second-order valence-corrected chi connectivity index (χ2v) is 5.48.